The van der Waals surface area contributed by atoms with Crippen LogP contribution in [0.5, 0.6) is 11.5 Å². The molecule has 4 aromatic rings. The predicted molar refractivity (Wildman–Crippen MR) is 130 cm³/mol. The lowest BCUT2D eigenvalue weighted by Gasteiger charge is -2.08. The molecule has 4 rings (SSSR count). The van der Waals surface area contributed by atoms with Crippen molar-refractivity contribution in [1.82, 2.24) is 10.3 Å². The molecule has 0 spiro atoms. The maximum absolute atomic E-state index is 12.3. The van der Waals surface area contributed by atoms with Crippen molar-refractivity contribution >= 4 is 22.9 Å². The van der Waals surface area contributed by atoms with Gasteiger partial charge in [-0.2, -0.15) is 0 Å². The van der Waals surface area contributed by atoms with E-state index < -0.39 is 4.92 Å². The third kappa shape index (κ3) is 5.05. The van der Waals surface area contributed by atoms with Gasteiger partial charge in [-0.15, -0.1) is 11.3 Å². The summed E-state index contributed by atoms with van der Waals surface area (Å²) in [6, 6.07) is 19.0. The molecule has 1 N–H and O–H groups in total. The van der Waals surface area contributed by atoms with Crippen molar-refractivity contribution in [2.24, 2.45) is 0 Å². The molecule has 0 fully saturated rings. The van der Waals surface area contributed by atoms with Crippen LogP contribution in [0.2, 0.25) is 0 Å². The summed E-state index contributed by atoms with van der Waals surface area (Å²) >= 11 is 1.54. The molecule has 3 aromatic carbocycles. The molecule has 0 atom stereocenters. The molecule has 34 heavy (non-hydrogen) atoms. The average Bonchev–Trinajstić information content (AvgIpc) is 3.37. The van der Waals surface area contributed by atoms with E-state index in [0.29, 0.717) is 23.6 Å². The van der Waals surface area contributed by atoms with Gasteiger partial charge in [0, 0.05) is 40.7 Å². The van der Waals surface area contributed by atoms with Crippen molar-refractivity contribution in [2.75, 3.05) is 14.2 Å². The Morgan fingerprint density at radius 3 is 2.29 bits per heavy atom. The molecule has 1 heterocycles. The van der Waals surface area contributed by atoms with E-state index in [2.05, 4.69) is 5.32 Å². The quantitative estimate of drug-likeness (QED) is 0.273. The molecule has 0 bridgehead atoms. The zero-order valence-corrected chi connectivity index (χ0v) is 19.3. The number of nitro benzene ring substituents is 1. The van der Waals surface area contributed by atoms with Crippen molar-refractivity contribution in [1.29, 1.82) is 0 Å². The number of carbonyl (C=O) groups excluding carboxylic acids is 1. The number of hydrogen-bond acceptors (Lipinski definition) is 7. The van der Waals surface area contributed by atoms with Crippen LogP contribution in [0.4, 0.5) is 5.69 Å². The molecule has 8 nitrogen and oxygen atoms in total. The Balaban J connectivity index is 1.41. The lowest BCUT2D eigenvalue weighted by atomic mass is 10.1. The summed E-state index contributed by atoms with van der Waals surface area (Å²) in [5.74, 6) is 1.02. The van der Waals surface area contributed by atoms with Gasteiger partial charge in [-0.3, -0.25) is 14.9 Å². The van der Waals surface area contributed by atoms with E-state index in [1.165, 1.54) is 24.3 Å². The van der Waals surface area contributed by atoms with Gasteiger partial charge in [0.15, 0.2) is 11.5 Å². The number of methoxy groups -OCH3 is 2. The minimum absolute atomic E-state index is 0.0522. The van der Waals surface area contributed by atoms with Gasteiger partial charge < -0.3 is 14.8 Å². The average molecular weight is 476 g/mol. The third-order valence-electron chi connectivity index (χ3n) is 5.18. The summed E-state index contributed by atoms with van der Waals surface area (Å²) in [4.78, 5) is 27.3. The van der Waals surface area contributed by atoms with E-state index >= 15 is 0 Å². The van der Waals surface area contributed by atoms with Crippen LogP contribution < -0.4 is 14.8 Å². The van der Waals surface area contributed by atoms with E-state index in [4.69, 9.17) is 14.5 Å². The van der Waals surface area contributed by atoms with E-state index in [9.17, 15) is 14.9 Å². The Morgan fingerprint density at radius 2 is 1.65 bits per heavy atom. The fourth-order valence-corrected chi connectivity index (χ4v) is 4.15. The van der Waals surface area contributed by atoms with Crippen LogP contribution in [0.3, 0.4) is 0 Å². The minimum Gasteiger partial charge on any atom is -0.493 e. The number of nitro groups is 1. The van der Waals surface area contributed by atoms with Gasteiger partial charge in [0.1, 0.15) is 5.01 Å². The Morgan fingerprint density at radius 1 is 0.971 bits per heavy atom. The minimum atomic E-state index is -0.498. The standard InChI is InChI=1S/C25H21N3O5S/c1-32-22-12-9-19(13-23(22)33-2)21-15-34-25(27-21)18-5-3-16(4-6-18)14-26-24(29)17-7-10-20(11-8-17)28(30)31/h3-13,15H,14H2,1-2H3,(H,26,29). The second-order valence-electron chi connectivity index (χ2n) is 7.29. The highest BCUT2D eigenvalue weighted by molar-refractivity contribution is 7.13. The summed E-state index contributed by atoms with van der Waals surface area (Å²) in [5, 5.41) is 16.4. The fraction of sp³-hybridized carbons (Fsp3) is 0.120. The zero-order chi connectivity index (χ0) is 24.1. The van der Waals surface area contributed by atoms with Crippen molar-refractivity contribution < 1.29 is 19.2 Å². The van der Waals surface area contributed by atoms with E-state index in [0.717, 1.165) is 27.4 Å². The molecular weight excluding hydrogens is 454 g/mol. The largest absolute Gasteiger partial charge is 0.493 e. The number of ether oxygens (including phenoxy) is 2. The maximum Gasteiger partial charge on any atom is 0.269 e. The number of nitrogens with one attached hydrogen (secondary N) is 1. The number of carbonyl (C=O) groups is 1. The number of rotatable bonds is 8. The van der Waals surface area contributed by atoms with E-state index in [1.807, 2.05) is 47.8 Å². The number of thiazole rings is 1. The third-order valence-corrected chi connectivity index (χ3v) is 6.07. The van der Waals surface area contributed by atoms with Crippen molar-refractivity contribution in [3.63, 3.8) is 0 Å². The summed E-state index contributed by atoms with van der Waals surface area (Å²) in [6.45, 7) is 0.338. The summed E-state index contributed by atoms with van der Waals surface area (Å²) < 4.78 is 10.7. The van der Waals surface area contributed by atoms with E-state index in [-0.39, 0.29) is 11.6 Å². The lowest BCUT2D eigenvalue weighted by molar-refractivity contribution is -0.384. The van der Waals surface area contributed by atoms with Crippen LogP contribution in [0.1, 0.15) is 15.9 Å². The maximum atomic E-state index is 12.3. The van der Waals surface area contributed by atoms with Crippen molar-refractivity contribution in [3.8, 4) is 33.3 Å². The molecule has 0 unspecified atom stereocenters. The number of hydrogen-bond donors (Lipinski definition) is 1. The molecule has 0 aliphatic carbocycles. The SMILES string of the molecule is COc1ccc(-c2csc(-c3ccc(CNC(=O)c4ccc([N+](=O)[O-])cc4)cc3)n2)cc1OC. The summed E-state index contributed by atoms with van der Waals surface area (Å²) in [6.07, 6.45) is 0. The monoisotopic (exact) mass is 475 g/mol. The number of nitrogens with zero attached hydrogens (tertiary/aromatic N) is 2. The lowest BCUT2D eigenvalue weighted by Crippen LogP contribution is -2.22. The van der Waals surface area contributed by atoms with E-state index in [1.54, 1.807) is 25.6 Å². The number of benzene rings is 3. The van der Waals surface area contributed by atoms with Gasteiger partial charge in [-0.1, -0.05) is 24.3 Å². The Hall–Kier alpha value is -4.24. The second kappa shape index (κ2) is 10.1. The molecule has 0 aliphatic rings. The topological polar surface area (TPSA) is 104 Å². The van der Waals surface area contributed by atoms with Crippen LogP contribution in [-0.4, -0.2) is 30.0 Å². The van der Waals surface area contributed by atoms with Crippen LogP contribution in [-0.2, 0) is 6.54 Å². The first kappa shape index (κ1) is 22.9. The highest BCUT2D eigenvalue weighted by Gasteiger charge is 2.12. The number of amides is 1. The van der Waals surface area contributed by atoms with Crippen LogP contribution >= 0.6 is 11.3 Å². The number of non-ortho nitro benzene ring substituents is 1. The van der Waals surface area contributed by atoms with Gasteiger partial charge in [0.25, 0.3) is 11.6 Å². The normalized spacial score (nSPS) is 10.5. The van der Waals surface area contributed by atoms with Gasteiger partial charge in [-0.05, 0) is 35.9 Å². The molecule has 172 valence electrons. The fourth-order valence-electron chi connectivity index (χ4n) is 3.32. The molecule has 1 amide bonds. The number of aromatic nitrogens is 1. The first-order valence-corrected chi connectivity index (χ1v) is 11.2. The van der Waals surface area contributed by atoms with Crippen LogP contribution in [0.25, 0.3) is 21.8 Å². The highest BCUT2D eigenvalue weighted by atomic mass is 32.1. The molecule has 9 heteroatoms. The Kier molecular flexibility index (Phi) is 6.84. The van der Waals surface area contributed by atoms with Gasteiger partial charge in [0.2, 0.25) is 0 Å². The Bertz CT molecular complexity index is 1320. The smallest absolute Gasteiger partial charge is 0.269 e. The van der Waals surface area contributed by atoms with Gasteiger partial charge >= 0.3 is 0 Å². The molecule has 0 radical (unpaired) electrons. The zero-order valence-electron chi connectivity index (χ0n) is 18.5. The summed E-state index contributed by atoms with van der Waals surface area (Å²) in [5.41, 5.74) is 4.00. The predicted octanol–water partition coefficient (Wildman–Crippen LogP) is 5.33. The first-order chi connectivity index (χ1) is 16.5. The van der Waals surface area contributed by atoms with Crippen molar-refractivity contribution in [2.45, 2.75) is 6.54 Å². The molecule has 0 aliphatic heterocycles. The first-order valence-electron chi connectivity index (χ1n) is 10.3. The van der Waals surface area contributed by atoms with Crippen LogP contribution in [0, 0.1) is 10.1 Å². The Labute approximate surface area is 200 Å². The second-order valence-corrected chi connectivity index (χ2v) is 8.15. The molecule has 1 aromatic heterocycles. The summed E-state index contributed by atoms with van der Waals surface area (Å²) in [7, 11) is 3.20. The van der Waals surface area contributed by atoms with Gasteiger partial charge in [-0.25, -0.2) is 4.98 Å². The molecule has 0 saturated carbocycles. The van der Waals surface area contributed by atoms with Crippen molar-refractivity contribution in [3.05, 3.63) is 93.4 Å². The molecular formula is C25H21N3O5S. The van der Waals surface area contributed by atoms with Crippen LogP contribution in [0.15, 0.2) is 72.1 Å². The highest BCUT2D eigenvalue weighted by Crippen LogP contribution is 2.34. The van der Waals surface area contributed by atoms with Gasteiger partial charge in [0.05, 0.1) is 24.8 Å². The molecule has 0 saturated heterocycles.